The first-order valence-corrected chi connectivity index (χ1v) is 6.58. The van der Waals surface area contributed by atoms with Crippen LogP contribution in [0.3, 0.4) is 0 Å². The Morgan fingerprint density at radius 1 is 1.20 bits per heavy atom. The molecule has 1 saturated carbocycles. The molecule has 0 amide bonds. The van der Waals surface area contributed by atoms with Gasteiger partial charge in [-0.2, -0.15) is 0 Å². The number of nitrogens with one attached hydrogen (secondary N) is 1. The third-order valence-electron chi connectivity index (χ3n) is 4.30. The Kier molecular flexibility index (Phi) is 3.09. The van der Waals surface area contributed by atoms with Gasteiger partial charge in [-0.05, 0) is 39.7 Å². The maximum atomic E-state index is 3.83. The van der Waals surface area contributed by atoms with E-state index >= 15 is 0 Å². The van der Waals surface area contributed by atoms with Crippen LogP contribution in [0.5, 0.6) is 0 Å². The zero-order valence-electron chi connectivity index (χ0n) is 10.6. The molecule has 2 heteroatoms. The highest BCUT2D eigenvalue weighted by Crippen LogP contribution is 2.35. The molecule has 1 heterocycles. The van der Waals surface area contributed by atoms with Gasteiger partial charge in [0, 0.05) is 24.2 Å². The summed E-state index contributed by atoms with van der Waals surface area (Å²) in [5.74, 6) is 0. The molecule has 15 heavy (non-hydrogen) atoms. The van der Waals surface area contributed by atoms with Crippen LogP contribution in [0.15, 0.2) is 0 Å². The van der Waals surface area contributed by atoms with Crippen molar-refractivity contribution in [2.75, 3.05) is 19.6 Å². The van der Waals surface area contributed by atoms with Crippen molar-refractivity contribution in [1.29, 1.82) is 0 Å². The summed E-state index contributed by atoms with van der Waals surface area (Å²) in [6.45, 7) is 10.7. The van der Waals surface area contributed by atoms with Gasteiger partial charge in [0.25, 0.3) is 0 Å². The molecule has 0 aromatic rings. The molecule has 0 atom stereocenters. The Labute approximate surface area is 94.4 Å². The summed E-state index contributed by atoms with van der Waals surface area (Å²) in [6.07, 6.45) is 6.91. The summed E-state index contributed by atoms with van der Waals surface area (Å²) < 4.78 is 0. The van der Waals surface area contributed by atoms with Gasteiger partial charge in [0.05, 0.1) is 0 Å². The molecule has 1 saturated heterocycles. The van der Waals surface area contributed by atoms with Crippen molar-refractivity contribution < 1.29 is 0 Å². The largest absolute Gasteiger partial charge is 0.308 e. The second-order valence-corrected chi connectivity index (χ2v) is 6.07. The lowest BCUT2D eigenvalue weighted by Crippen LogP contribution is -2.67. The Hall–Kier alpha value is -0.0800. The molecule has 2 nitrogen and oxygen atoms in total. The molecular weight excluding hydrogens is 184 g/mol. The molecule has 1 aliphatic carbocycles. The van der Waals surface area contributed by atoms with Crippen molar-refractivity contribution in [3.8, 4) is 0 Å². The molecule has 0 unspecified atom stereocenters. The number of rotatable bonds is 2. The van der Waals surface area contributed by atoms with Crippen LogP contribution in [0.2, 0.25) is 0 Å². The van der Waals surface area contributed by atoms with Crippen LogP contribution in [0.1, 0.15) is 52.9 Å². The van der Waals surface area contributed by atoms with Gasteiger partial charge in [-0.3, -0.25) is 4.90 Å². The monoisotopic (exact) mass is 210 g/mol. The van der Waals surface area contributed by atoms with E-state index in [0.717, 1.165) is 6.54 Å². The minimum atomic E-state index is 0.351. The molecule has 1 spiro atoms. The van der Waals surface area contributed by atoms with E-state index in [0.29, 0.717) is 11.1 Å². The maximum Gasteiger partial charge on any atom is 0.0309 e. The summed E-state index contributed by atoms with van der Waals surface area (Å²) in [5, 5.41) is 3.83. The van der Waals surface area contributed by atoms with Crippen molar-refractivity contribution in [1.82, 2.24) is 10.2 Å². The van der Waals surface area contributed by atoms with E-state index in [1.807, 2.05) is 0 Å². The Morgan fingerprint density at radius 2 is 1.87 bits per heavy atom. The zero-order chi connectivity index (χ0) is 10.9. The molecule has 1 aliphatic heterocycles. The van der Waals surface area contributed by atoms with Gasteiger partial charge in [0.15, 0.2) is 0 Å². The van der Waals surface area contributed by atoms with Crippen molar-refractivity contribution in [2.24, 2.45) is 0 Å². The standard InChI is InChI=1S/C13H26N2/c1-4-9-15-11-13(7-5-6-8-13)14-10-12(15,2)3/h14H,4-11H2,1-3H3. The van der Waals surface area contributed by atoms with Gasteiger partial charge in [0.1, 0.15) is 0 Å². The van der Waals surface area contributed by atoms with Crippen LogP contribution in [-0.4, -0.2) is 35.6 Å². The molecule has 0 aromatic carbocycles. The third kappa shape index (κ3) is 2.21. The smallest absolute Gasteiger partial charge is 0.0309 e. The quantitative estimate of drug-likeness (QED) is 0.753. The van der Waals surface area contributed by atoms with Crippen LogP contribution in [-0.2, 0) is 0 Å². The molecule has 88 valence electrons. The highest BCUT2D eigenvalue weighted by Gasteiger charge is 2.43. The zero-order valence-corrected chi connectivity index (χ0v) is 10.6. The molecular formula is C13H26N2. The van der Waals surface area contributed by atoms with E-state index in [1.54, 1.807) is 0 Å². The summed E-state index contributed by atoms with van der Waals surface area (Å²) in [7, 11) is 0. The molecule has 1 N–H and O–H groups in total. The van der Waals surface area contributed by atoms with Crippen LogP contribution in [0, 0.1) is 0 Å². The van der Waals surface area contributed by atoms with Gasteiger partial charge in [-0.1, -0.05) is 19.8 Å². The number of hydrogen-bond acceptors (Lipinski definition) is 2. The lowest BCUT2D eigenvalue weighted by molar-refractivity contribution is 0.0285. The average Bonchev–Trinajstić information content (AvgIpc) is 2.62. The fourth-order valence-electron chi connectivity index (χ4n) is 3.19. The lowest BCUT2D eigenvalue weighted by Gasteiger charge is -2.51. The molecule has 0 aromatic heterocycles. The van der Waals surface area contributed by atoms with E-state index in [9.17, 15) is 0 Å². The highest BCUT2D eigenvalue weighted by atomic mass is 15.3. The topological polar surface area (TPSA) is 15.3 Å². The first kappa shape index (κ1) is 11.4. The number of piperazine rings is 1. The average molecular weight is 210 g/mol. The van der Waals surface area contributed by atoms with Gasteiger partial charge in [-0.25, -0.2) is 0 Å². The van der Waals surface area contributed by atoms with Crippen molar-refractivity contribution in [2.45, 2.75) is 64.0 Å². The number of nitrogens with zero attached hydrogens (tertiary/aromatic N) is 1. The van der Waals surface area contributed by atoms with Crippen molar-refractivity contribution in [3.63, 3.8) is 0 Å². The molecule has 2 fully saturated rings. The highest BCUT2D eigenvalue weighted by molar-refractivity contribution is 5.03. The molecule has 2 aliphatic rings. The Morgan fingerprint density at radius 3 is 2.47 bits per heavy atom. The van der Waals surface area contributed by atoms with Crippen molar-refractivity contribution >= 4 is 0 Å². The fraction of sp³-hybridized carbons (Fsp3) is 1.00. The van der Waals surface area contributed by atoms with E-state index in [2.05, 4.69) is 31.0 Å². The van der Waals surface area contributed by atoms with E-state index < -0.39 is 0 Å². The molecule has 2 rings (SSSR count). The first-order valence-electron chi connectivity index (χ1n) is 6.58. The van der Waals surface area contributed by atoms with E-state index in [-0.39, 0.29) is 0 Å². The van der Waals surface area contributed by atoms with Crippen LogP contribution < -0.4 is 5.32 Å². The van der Waals surface area contributed by atoms with E-state index in [4.69, 9.17) is 0 Å². The van der Waals surface area contributed by atoms with Gasteiger partial charge in [-0.15, -0.1) is 0 Å². The SMILES string of the molecule is CCCN1CC2(CCCC2)NCC1(C)C. The van der Waals surface area contributed by atoms with Crippen LogP contribution in [0.4, 0.5) is 0 Å². The minimum absolute atomic E-state index is 0.351. The summed E-state index contributed by atoms with van der Waals surface area (Å²) in [5.41, 5.74) is 0.828. The normalized spacial score (nSPS) is 29.8. The predicted octanol–water partition coefficient (Wildman–Crippen LogP) is 2.39. The van der Waals surface area contributed by atoms with E-state index in [1.165, 1.54) is 45.2 Å². The number of hydrogen-bond donors (Lipinski definition) is 1. The van der Waals surface area contributed by atoms with Gasteiger partial charge < -0.3 is 5.32 Å². The first-order chi connectivity index (χ1) is 7.08. The fourth-order valence-corrected chi connectivity index (χ4v) is 3.19. The predicted molar refractivity (Wildman–Crippen MR) is 65.1 cm³/mol. The summed E-state index contributed by atoms with van der Waals surface area (Å²) >= 11 is 0. The lowest BCUT2D eigenvalue weighted by atomic mass is 9.87. The minimum Gasteiger partial charge on any atom is -0.308 e. The second-order valence-electron chi connectivity index (χ2n) is 6.07. The van der Waals surface area contributed by atoms with Gasteiger partial charge in [0.2, 0.25) is 0 Å². The Balaban J connectivity index is 2.05. The summed E-state index contributed by atoms with van der Waals surface area (Å²) in [4.78, 5) is 2.70. The Bertz CT molecular complexity index is 217. The second kappa shape index (κ2) is 4.06. The maximum absolute atomic E-state index is 3.83. The van der Waals surface area contributed by atoms with Crippen LogP contribution in [0.25, 0.3) is 0 Å². The summed E-state index contributed by atoms with van der Waals surface area (Å²) in [6, 6.07) is 0. The van der Waals surface area contributed by atoms with Crippen LogP contribution >= 0.6 is 0 Å². The van der Waals surface area contributed by atoms with Gasteiger partial charge >= 0.3 is 0 Å². The van der Waals surface area contributed by atoms with Crippen molar-refractivity contribution in [3.05, 3.63) is 0 Å². The molecule has 0 radical (unpaired) electrons. The molecule has 0 bridgehead atoms. The third-order valence-corrected chi connectivity index (χ3v) is 4.30.